The van der Waals surface area contributed by atoms with Gasteiger partial charge in [-0.3, -0.25) is 4.79 Å². The fourth-order valence-corrected chi connectivity index (χ4v) is 1.74. The summed E-state index contributed by atoms with van der Waals surface area (Å²) >= 11 is 1.18. The summed E-state index contributed by atoms with van der Waals surface area (Å²) in [6.45, 7) is 0. The Morgan fingerprint density at radius 1 is 1.69 bits per heavy atom. The predicted molar refractivity (Wildman–Crippen MR) is 49.2 cm³/mol. The summed E-state index contributed by atoms with van der Waals surface area (Å²) in [5.74, 6) is 0.116. The molecule has 1 aliphatic rings. The largest absolute Gasteiger partial charge is 0.328 e. The van der Waals surface area contributed by atoms with E-state index in [1.54, 1.807) is 6.20 Å². The van der Waals surface area contributed by atoms with E-state index >= 15 is 0 Å². The Hall–Kier alpha value is -1.01. The van der Waals surface area contributed by atoms with E-state index in [9.17, 15) is 4.79 Å². The molecule has 0 radical (unpaired) electrons. The van der Waals surface area contributed by atoms with Gasteiger partial charge in [0.2, 0.25) is 5.91 Å². The van der Waals surface area contributed by atoms with Crippen LogP contribution in [0.2, 0.25) is 0 Å². The van der Waals surface area contributed by atoms with E-state index in [2.05, 4.69) is 14.9 Å². The SMILES string of the molecule is NC1CC(C(=O)Nc2cnns2)C1. The van der Waals surface area contributed by atoms with Crippen molar-refractivity contribution in [3.63, 3.8) is 0 Å². The average Bonchev–Trinajstić information content (AvgIpc) is 2.51. The molecule has 1 aromatic rings. The number of amides is 1. The van der Waals surface area contributed by atoms with Crippen LogP contribution in [-0.4, -0.2) is 21.5 Å². The molecule has 70 valence electrons. The monoisotopic (exact) mass is 198 g/mol. The molecule has 2 rings (SSSR count). The molecule has 1 amide bonds. The van der Waals surface area contributed by atoms with Gasteiger partial charge in [-0.25, -0.2) is 0 Å². The van der Waals surface area contributed by atoms with E-state index in [0.29, 0.717) is 5.00 Å². The molecule has 0 spiro atoms. The number of carbonyl (C=O) groups excluding carboxylic acids is 1. The summed E-state index contributed by atoms with van der Waals surface area (Å²) in [5.41, 5.74) is 5.58. The summed E-state index contributed by atoms with van der Waals surface area (Å²) in [6.07, 6.45) is 3.12. The van der Waals surface area contributed by atoms with Gasteiger partial charge in [0.1, 0.15) is 5.00 Å². The highest BCUT2D eigenvalue weighted by Crippen LogP contribution is 2.27. The smallest absolute Gasteiger partial charge is 0.228 e. The van der Waals surface area contributed by atoms with Crippen LogP contribution in [0.15, 0.2) is 6.20 Å². The number of nitrogens with one attached hydrogen (secondary N) is 1. The Morgan fingerprint density at radius 3 is 3.00 bits per heavy atom. The summed E-state index contributed by atoms with van der Waals surface area (Å²) in [5, 5.41) is 7.07. The number of rotatable bonds is 2. The van der Waals surface area contributed by atoms with Gasteiger partial charge in [-0.1, -0.05) is 4.49 Å². The minimum atomic E-state index is 0.0350. The Labute approximate surface area is 79.5 Å². The van der Waals surface area contributed by atoms with Crippen LogP contribution in [0.5, 0.6) is 0 Å². The van der Waals surface area contributed by atoms with Crippen molar-refractivity contribution in [2.75, 3.05) is 5.32 Å². The molecule has 1 fully saturated rings. The zero-order valence-electron chi connectivity index (χ0n) is 6.93. The molecular formula is C7H10N4OS. The number of carbonyl (C=O) groups is 1. The minimum absolute atomic E-state index is 0.0350. The van der Waals surface area contributed by atoms with Crippen molar-refractivity contribution in [3.8, 4) is 0 Å². The molecule has 0 atom stereocenters. The van der Waals surface area contributed by atoms with E-state index in [-0.39, 0.29) is 17.9 Å². The van der Waals surface area contributed by atoms with Crippen LogP contribution in [0.3, 0.4) is 0 Å². The van der Waals surface area contributed by atoms with Gasteiger partial charge in [0.15, 0.2) is 0 Å². The highest BCUT2D eigenvalue weighted by atomic mass is 32.1. The second kappa shape index (κ2) is 3.39. The van der Waals surface area contributed by atoms with E-state index < -0.39 is 0 Å². The van der Waals surface area contributed by atoms with Crippen molar-refractivity contribution in [1.29, 1.82) is 0 Å². The van der Waals surface area contributed by atoms with Crippen molar-refractivity contribution in [1.82, 2.24) is 9.59 Å². The predicted octanol–water partition coefficient (Wildman–Crippen LogP) is 0.214. The highest BCUT2D eigenvalue weighted by molar-refractivity contribution is 7.10. The van der Waals surface area contributed by atoms with Crippen molar-refractivity contribution in [3.05, 3.63) is 6.20 Å². The van der Waals surface area contributed by atoms with Crippen molar-refractivity contribution < 1.29 is 4.79 Å². The van der Waals surface area contributed by atoms with Crippen LogP contribution in [0.4, 0.5) is 5.00 Å². The second-order valence-electron chi connectivity index (χ2n) is 3.20. The van der Waals surface area contributed by atoms with Crippen LogP contribution >= 0.6 is 11.5 Å². The Bertz CT molecular complexity index is 293. The summed E-state index contributed by atoms with van der Waals surface area (Å²) in [4.78, 5) is 11.4. The van der Waals surface area contributed by atoms with Gasteiger partial charge in [-0.2, -0.15) is 0 Å². The first-order chi connectivity index (χ1) is 6.25. The molecule has 5 nitrogen and oxygen atoms in total. The first-order valence-electron chi connectivity index (χ1n) is 4.09. The van der Waals surface area contributed by atoms with Crippen LogP contribution < -0.4 is 11.1 Å². The standard InChI is InChI=1S/C7H10N4OS/c8-5-1-4(2-5)7(12)10-6-3-9-11-13-6/h3-5H,1-2,8H2,(H,10,12). The third kappa shape index (κ3) is 1.84. The molecule has 0 aromatic carbocycles. The van der Waals surface area contributed by atoms with E-state index in [1.807, 2.05) is 0 Å². The minimum Gasteiger partial charge on any atom is -0.328 e. The maximum absolute atomic E-state index is 11.4. The molecule has 1 aliphatic carbocycles. The fourth-order valence-electron chi connectivity index (χ4n) is 1.32. The van der Waals surface area contributed by atoms with Gasteiger partial charge >= 0.3 is 0 Å². The van der Waals surface area contributed by atoms with Crippen LogP contribution in [0.1, 0.15) is 12.8 Å². The quantitative estimate of drug-likeness (QED) is 0.712. The number of hydrogen-bond donors (Lipinski definition) is 2. The number of nitrogens with two attached hydrogens (primary N) is 1. The lowest BCUT2D eigenvalue weighted by atomic mass is 9.80. The van der Waals surface area contributed by atoms with Gasteiger partial charge in [-0.05, 0) is 12.8 Å². The Morgan fingerprint density at radius 2 is 2.46 bits per heavy atom. The lowest BCUT2D eigenvalue weighted by Crippen LogP contribution is -2.42. The van der Waals surface area contributed by atoms with Crippen molar-refractivity contribution in [2.24, 2.45) is 11.7 Å². The number of aromatic nitrogens is 2. The normalized spacial score (nSPS) is 26.5. The van der Waals surface area contributed by atoms with Crippen LogP contribution in [0.25, 0.3) is 0 Å². The zero-order valence-corrected chi connectivity index (χ0v) is 7.75. The number of hydrogen-bond acceptors (Lipinski definition) is 5. The van der Waals surface area contributed by atoms with Crippen LogP contribution in [0, 0.1) is 5.92 Å². The average molecular weight is 198 g/mol. The summed E-state index contributed by atoms with van der Waals surface area (Å²) in [7, 11) is 0. The topological polar surface area (TPSA) is 80.9 Å². The molecule has 1 saturated carbocycles. The third-order valence-corrected chi connectivity index (χ3v) is 2.73. The molecule has 6 heteroatoms. The highest BCUT2D eigenvalue weighted by Gasteiger charge is 2.32. The zero-order chi connectivity index (χ0) is 9.26. The van der Waals surface area contributed by atoms with Crippen molar-refractivity contribution in [2.45, 2.75) is 18.9 Å². The second-order valence-corrected chi connectivity index (χ2v) is 3.99. The van der Waals surface area contributed by atoms with Gasteiger partial charge < -0.3 is 11.1 Å². The maximum Gasteiger partial charge on any atom is 0.228 e. The number of anilines is 1. The first-order valence-corrected chi connectivity index (χ1v) is 4.87. The lowest BCUT2D eigenvalue weighted by Gasteiger charge is -2.30. The Kier molecular flexibility index (Phi) is 2.24. The molecule has 0 aliphatic heterocycles. The molecular weight excluding hydrogens is 188 g/mol. The molecule has 0 saturated heterocycles. The third-order valence-electron chi connectivity index (χ3n) is 2.15. The number of nitrogens with zero attached hydrogens (tertiary/aromatic N) is 2. The van der Waals surface area contributed by atoms with Gasteiger partial charge in [0.25, 0.3) is 0 Å². The molecule has 1 heterocycles. The fraction of sp³-hybridized carbons (Fsp3) is 0.571. The van der Waals surface area contributed by atoms with Gasteiger partial charge in [0.05, 0.1) is 6.20 Å². The van der Waals surface area contributed by atoms with Crippen LogP contribution in [-0.2, 0) is 4.79 Å². The Balaban J connectivity index is 1.86. The molecule has 0 unspecified atom stereocenters. The van der Waals surface area contributed by atoms with E-state index in [1.165, 1.54) is 11.5 Å². The molecule has 0 bridgehead atoms. The lowest BCUT2D eigenvalue weighted by molar-refractivity contribution is -0.122. The molecule has 1 aromatic heterocycles. The van der Waals surface area contributed by atoms with Gasteiger partial charge in [-0.15, -0.1) is 5.10 Å². The first kappa shape index (κ1) is 8.58. The molecule has 13 heavy (non-hydrogen) atoms. The molecule has 3 N–H and O–H groups in total. The van der Waals surface area contributed by atoms with Gasteiger partial charge in [0, 0.05) is 23.5 Å². The van der Waals surface area contributed by atoms with Crippen molar-refractivity contribution >= 4 is 22.4 Å². The van der Waals surface area contributed by atoms with E-state index in [4.69, 9.17) is 5.73 Å². The van der Waals surface area contributed by atoms with E-state index in [0.717, 1.165) is 12.8 Å². The maximum atomic E-state index is 11.4. The summed E-state index contributed by atoms with van der Waals surface area (Å²) < 4.78 is 3.65. The summed E-state index contributed by atoms with van der Waals surface area (Å²) in [6, 6.07) is 0.204.